The van der Waals surface area contributed by atoms with Gasteiger partial charge in [0, 0.05) is 16.5 Å². The molecule has 0 fully saturated rings. The second-order valence-corrected chi connectivity index (χ2v) is 9.70. The Labute approximate surface area is 221 Å². The molecule has 0 unspecified atom stereocenters. The van der Waals surface area contributed by atoms with E-state index in [2.05, 4.69) is 52.5 Å². The number of fused-ring (bicyclic) bond motifs is 3. The van der Waals surface area contributed by atoms with Crippen LogP contribution in [0.25, 0.3) is 10.8 Å². The highest BCUT2D eigenvalue weighted by molar-refractivity contribution is 6.58. The van der Waals surface area contributed by atoms with Crippen LogP contribution in [-0.4, -0.2) is 52.9 Å². The fourth-order valence-corrected chi connectivity index (χ4v) is 6.07. The van der Waals surface area contributed by atoms with E-state index in [0.717, 1.165) is 55.8 Å². The lowest BCUT2D eigenvalue weighted by atomic mass is 10.0. The summed E-state index contributed by atoms with van der Waals surface area (Å²) in [5.41, 5.74) is 8.67. The summed E-state index contributed by atoms with van der Waals surface area (Å²) in [6.45, 7) is 6.11. The molecule has 6 rings (SSSR count). The Kier molecular flexibility index (Phi) is 5.49. The third kappa shape index (κ3) is 3.19. The number of para-hydroxylation sites is 2. The summed E-state index contributed by atoms with van der Waals surface area (Å²) in [5, 5.41) is 2.29. The summed E-state index contributed by atoms with van der Waals surface area (Å²) >= 11 is 0. The predicted octanol–water partition coefficient (Wildman–Crippen LogP) is 5.67. The first-order valence-electron chi connectivity index (χ1n) is 12.6. The molecule has 1 aliphatic heterocycles. The molecular weight excluding hydrogens is 476 g/mol. The summed E-state index contributed by atoms with van der Waals surface area (Å²) in [4.78, 5) is 26.0. The molecule has 0 bridgehead atoms. The van der Waals surface area contributed by atoms with Crippen LogP contribution in [0.15, 0.2) is 72.8 Å². The molecule has 4 aromatic rings. The zero-order valence-electron chi connectivity index (χ0n) is 22.0. The lowest BCUT2D eigenvalue weighted by Gasteiger charge is -2.14. The van der Waals surface area contributed by atoms with Crippen LogP contribution in [0.5, 0.6) is 0 Å². The Hall–Kier alpha value is -4.58. The maximum Gasteiger partial charge on any atom is 0.351 e. The molecule has 0 saturated heterocycles. The lowest BCUT2D eigenvalue weighted by Crippen LogP contribution is -2.29. The number of benzene rings is 4. The minimum Gasteiger partial charge on any atom is -0.465 e. The maximum atomic E-state index is 13.0. The molecule has 0 aromatic heterocycles. The Morgan fingerprint density at radius 2 is 1.08 bits per heavy atom. The second-order valence-electron chi connectivity index (χ2n) is 9.70. The minimum atomic E-state index is -0.392. The highest BCUT2D eigenvalue weighted by Crippen LogP contribution is 2.41. The number of rotatable bonds is 4. The van der Waals surface area contributed by atoms with E-state index >= 15 is 0 Å². The van der Waals surface area contributed by atoms with Crippen molar-refractivity contribution in [2.45, 2.75) is 26.9 Å². The van der Waals surface area contributed by atoms with Crippen molar-refractivity contribution in [3.63, 3.8) is 0 Å². The molecule has 6 heteroatoms. The van der Waals surface area contributed by atoms with Crippen molar-refractivity contribution in [2.75, 3.05) is 14.2 Å². The van der Waals surface area contributed by atoms with Gasteiger partial charge in [-0.1, -0.05) is 48.5 Å². The van der Waals surface area contributed by atoms with Gasteiger partial charge in [0.25, 0.3) is 11.4 Å². The molecule has 0 amide bonds. The predicted molar refractivity (Wildman–Crippen MR) is 147 cm³/mol. The Balaban J connectivity index is 1.77. The standard InChI is InChI=1S/C32H28N2O4/c1-18-10-6-16-24(31(35)37-4)27(18)33-20(3)34(28-19(2)11-7-17-25(28)32(36)38-5)30-23-15-9-13-21-12-8-14-22(26(21)23)29(30)33/h6-17,20H,1-5H3/q+2. The molecule has 1 aliphatic carbocycles. The van der Waals surface area contributed by atoms with E-state index in [1.165, 1.54) is 14.2 Å². The van der Waals surface area contributed by atoms with Crippen LogP contribution in [0.1, 0.15) is 49.9 Å². The molecular formula is C32H28N2O4+2. The molecule has 1 heterocycles. The minimum absolute atomic E-state index is 0.266. The van der Waals surface area contributed by atoms with Crippen LogP contribution >= 0.6 is 0 Å². The monoisotopic (exact) mass is 504 g/mol. The maximum absolute atomic E-state index is 13.0. The molecule has 0 spiro atoms. The van der Waals surface area contributed by atoms with Crippen LogP contribution < -0.4 is 0 Å². The largest absolute Gasteiger partial charge is 0.465 e. The van der Waals surface area contributed by atoms with Gasteiger partial charge in [-0.3, -0.25) is 0 Å². The summed E-state index contributed by atoms with van der Waals surface area (Å²) < 4.78 is 14.8. The second kappa shape index (κ2) is 8.77. The van der Waals surface area contributed by atoms with Crippen molar-refractivity contribution < 1.29 is 28.2 Å². The number of methoxy groups -OCH3 is 2. The highest BCUT2D eigenvalue weighted by atomic mass is 16.5. The first-order chi connectivity index (χ1) is 18.4. The van der Waals surface area contributed by atoms with Crippen molar-refractivity contribution in [3.8, 4) is 0 Å². The number of ether oxygens (including phenoxy) is 2. The van der Waals surface area contributed by atoms with Crippen molar-refractivity contribution in [1.29, 1.82) is 0 Å². The van der Waals surface area contributed by atoms with E-state index in [0.29, 0.717) is 11.1 Å². The number of hydrogen-bond acceptors (Lipinski definition) is 4. The van der Waals surface area contributed by atoms with Crippen LogP contribution in [0.4, 0.5) is 11.4 Å². The molecule has 38 heavy (non-hydrogen) atoms. The normalized spacial score (nSPS) is 14.3. The van der Waals surface area contributed by atoms with E-state index in [4.69, 9.17) is 9.47 Å². The van der Waals surface area contributed by atoms with E-state index in [-0.39, 0.29) is 6.17 Å². The number of aryl methyl sites for hydroxylation is 2. The molecule has 0 saturated carbocycles. The first kappa shape index (κ1) is 23.8. The van der Waals surface area contributed by atoms with E-state index in [9.17, 15) is 9.59 Å². The van der Waals surface area contributed by atoms with Crippen molar-refractivity contribution in [3.05, 3.63) is 106 Å². The summed E-state index contributed by atoms with van der Waals surface area (Å²) in [6.07, 6.45) is -0.266. The lowest BCUT2D eigenvalue weighted by molar-refractivity contribution is -0.687. The average molecular weight is 505 g/mol. The Bertz CT molecular complexity index is 1640. The number of carbonyl (C=O) groups is 2. The van der Waals surface area contributed by atoms with Gasteiger partial charge in [0.15, 0.2) is 0 Å². The van der Waals surface area contributed by atoms with Gasteiger partial charge in [0.1, 0.15) is 11.1 Å². The van der Waals surface area contributed by atoms with Gasteiger partial charge >= 0.3 is 18.1 Å². The molecule has 0 N–H and O–H groups in total. The average Bonchev–Trinajstić information content (AvgIpc) is 3.40. The van der Waals surface area contributed by atoms with Crippen LogP contribution in [0.2, 0.25) is 0 Å². The molecule has 4 aromatic carbocycles. The van der Waals surface area contributed by atoms with Gasteiger partial charge in [-0.2, -0.15) is 0 Å². The van der Waals surface area contributed by atoms with Gasteiger partial charge in [0.05, 0.1) is 32.3 Å². The Morgan fingerprint density at radius 3 is 1.50 bits per heavy atom. The van der Waals surface area contributed by atoms with Gasteiger partial charge in [0.2, 0.25) is 11.4 Å². The smallest absolute Gasteiger partial charge is 0.351 e. The number of esters is 2. The summed E-state index contributed by atoms with van der Waals surface area (Å²) in [5.74, 6) is -0.785. The van der Waals surface area contributed by atoms with Gasteiger partial charge in [-0.25, -0.2) is 9.59 Å². The number of nitrogens with zero attached hydrogens (tertiary/aromatic N) is 2. The highest BCUT2D eigenvalue weighted by Gasteiger charge is 2.55. The van der Waals surface area contributed by atoms with Crippen molar-refractivity contribution >= 4 is 45.5 Å². The molecule has 0 radical (unpaired) electrons. The van der Waals surface area contributed by atoms with Crippen LogP contribution in [0, 0.1) is 13.8 Å². The fraction of sp³-hybridized carbons (Fsp3) is 0.188. The van der Waals surface area contributed by atoms with Crippen LogP contribution in [-0.2, 0) is 9.47 Å². The zero-order chi connectivity index (χ0) is 26.7. The molecule has 0 atom stereocenters. The SMILES string of the molecule is COC(=O)c1cccc(C)c1[N+]1=C2C(=[N+](c3c(C)cccc3C(=O)OC)C1C)c1cccc3cccc2c13. The third-order valence-electron chi connectivity index (χ3n) is 7.64. The molecule has 2 aliphatic rings. The van der Waals surface area contributed by atoms with Crippen molar-refractivity contribution in [1.82, 2.24) is 0 Å². The Morgan fingerprint density at radius 1 is 0.658 bits per heavy atom. The zero-order valence-corrected chi connectivity index (χ0v) is 22.0. The topological polar surface area (TPSA) is 58.6 Å². The first-order valence-corrected chi connectivity index (χ1v) is 12.6. The van der Waals surface area contributed by atoms with Crippen LogP contribution in [0.3, 0.4) is 0 Å². The number of carbonyl (C=O) groups excluding carboxylic acids is 2. The van der Waals surface area contributed by atoms with Gasteiger partial charge in [-0.05, 0) is 43.5 Å². The van der Waals surface area contributed by atoms with Gasteiger partial charge < -0.3 is 9.47 Å². The third-order valence-corrected chi connectivity index (χ3v) is 7.64. The van der Waals surface area contributed by atoms with E-state index in [1.807, 2.05) is 38.1 Å². The van der Waals surface area contributed by atoms with E-state index < -0.39 is 11.9 Å². The number of hydrogen-bond donors (Lipinski definition) is 0. The summed E-state index contributed by atoms with van der Waals surface area (Å²) in [6, 6.07) is 24.0. The van der Waals surface area contributed by atoms with Gasteiger partial charge in [-0.15, -0.1) is 9.15 Å². The molecule has 6 nitrogen and oxygen atoms in total. The summed E-state index contributed by atoms with van der Waals surface area (Å²) in [7, 11) is 2.81. The van der Waals surface area contributed by atoms with E-state index in [1.54, 1.807) is 12.1 Å². The quantitative estimate of drug-likeness (QED) is 0.265. The van der Waals surface area contributed by atoms with Crippen molar-refractivity contribution in [2.24, 2.45) is 0 Å². The molecule has 188 valence electrons. The fourth-order valence-electron chi connectivity index (χ4n) is 6.07.